The van der Waals surface area contributed by atoms with Gasteiger partial charge in [0, 0.05) is 24.6 Å². The summed E-state index contributed by atoms with van der Waals surface area (Å²) in [6, 6.07) is 16.5. The first-order valence-corrected chi connectivity index (χ1v) is 9.29. The molecule has 29 heavy (non-hydrogen) atoms. The summed E-state index contributed by atoms with van der Waals surface area (Å²) >= 11 is 0. The van der Waals surface area contributed by atoms with Crippen LogP contribution in [0.15, 0.2) is 67.0 Å². The maximum atomic E-state index is 12.4. The molecule has 0 bridgehead atoms. The molecule has 0 fully saturated rings. The van der Waals surface area contributed by atoms with E-state index in [1.807, 2.05) is 50.2 Å². The monoisotopic (exact) mass is 389 g/mol. The summed E-state index contributed by atoms with van der Waals surface area (Å²) in [6.07, 6.45) is 3.12. The fourth-order valence-electron chi connectivity index (χ4n) is 2.78. The molecule has 0 aliphatic carbocycles. The Morgan fingerprint density at radius 2 is 1.83 bits per heavy atom. The van der Waals surface area contributed by atoms with Crippen molar-refractivity contribution in [3.8, 4) is 5.75 Å². The lowest BCUT2D eigenvalue weighted by molar-refractivity contribution is -0.118. The van der Waals surface area contributed by atoms with Crippen molar-refractivity contribution >= 4 is 17.5 Å². The van der Waals surface area contributed by atoms with E-state index in [2.05, 4.69) is 15.6 Å². The summed E-state index contributed by atoms with van der Waals surface area (Å²) < 4.78 is 5.66. The van der Waals surface area contributed by atoms with Crippen LogP contribution in [0.5, 0.6) is 5.75 Å². The predicted molar refractivity (Wildman–Crippen MR) is 112 cm³/mol. The number of benzene rings is 2. The Balaban J connectivity index is 1.59. The molecule has 0 saturated heterocycles. The fraction of sp³-hybridized carbons (Fsp3) is 0.174. The van der Waals surface area contributed by atoms with Gasteiger partial charge in [0.15, 0.2) is 6.61 Å². The smallest absolute Gasteiger partial charge is 0.262 e. The van der Waals surface area contributed by atoms with E-state index in [1.54, 1.807) is 24.4 Å². The van der Waals surface area contributed by atoms with E-state index >= 15 is 0 Å². The van der Waals surface area contributed by atoms with Crippen molar-refractivity contribution in [3.63, 3.8) is 0 Å². The van der Waals surface area contributed by atoms with Gasteiger partial charge in [0.2, 0.25) is 0 Å². The number of para-hydroxylation sites is 1. The molecule has 0 spiro atoms. The van der Waals surface area contributed by atoms with Crippen LogP contribution in [0.4, 0.5) is 5.69 Å². The van der Waals surface area contributed by atoms with Gasteiger partial charge in [-0.05, 0) is 54.8 Å². The number of nitrogens with one attached hydrogen (secondary N) is 2. The summed E-state index contributed by atoms with van der Waals surface area (Å²) in [7, 11) is 0. The van der Waals surface area contributed by atoms with Crippen molar-refractivity contribution in [2.75, 3.05) is 11.9 Å². The van der Waals surface area contributed by atoms with Gasteiger partial charge in [0.05, 0.1) is 5.56 Å². The zero-order valence-corrected chi connectivity index (χ0v) is 16.4. The third kappa shape index (κ3) is 5.42. The number of pyridine rings is 1. The van der Waals surface area contributed by atoms with E-state index in [0.717, 1.165) is 16.7 Å². The first-order chi connectivity index (χ1) is 14.0. The lowest BCUT2D eigenvalue weighted by Gasteiger charge is -2.13. The van der Waals surface area contributed by atoms with Crippen LogP contribution in [0.2, 0.25) is 0 Å². The van der Waals surface area contributed by atoms with Crippen LogP contribution in [-0.4, -0.2) is 23.4 Å². The molecule has 1 heterocycles. The van der Waals surface area contributed by atoms with Gasteiger partial charge in [0.1, 0.15) is 5.75 Å². The number of aromatic nitrogens is 1. The van der Waals surface area contributed by atoms with Crippen molar-refractivity contribution in [3.05, 3.63) is 89.2 Å². The number of carbonyl (C=O) groups is 2. The number of nitrogens with zero attached hydrogens (tertiary/aromatic N) is 1. The minimum Gasteiger partial charge on any atom is -0.483 e. The molecular formula is C23H23N3O3. The highest BCUT2D eigenvalue weighted by atomic mass is 16.5. The van der Waals surface area contributed by atoms with Gasteiger partial charge < -0.3 is 15.4 Å². The molecule has 2 aromatic carbocycles. The second kappa shape index (κ2) is 9.50. The van der Waals surface area contributed by atoms with Gasteiger partial charge in [-0.2, -0.15) is 0 Å². The average Bonchev–Trinajstić information content (AvgIpc) is 2.74. The summed E-state index contributed by atoms with van der Waals surface area (Å²) in [5.74, 6) is 0.201. The molecule has 6 nitrogen and oxygen atoms in total. The van der Waals surface area contributed by atoms with Gasteiger partial charge >= 0.3 is 0 Å². The number of rotatable bonds is 7. The van der Waals surface area contributed by atoms with Gasteiger partial charge in [-0.15, -0.1) is 0 Å². The van der Waals surface area contributed by atoms with Gasteiger partial charge in [-0.3, -0.25) is 14.6 Å². The Kier molecular flexibility index (Phi) is 6.58. The molecule has 148 valence electrons. The molecule has 2 amide bonds. The zero-order chi connectivity index (χ0) is 20.6. The highest BCUT2D eigenvalue weighted by Gasteiger charge is 2.11. The third-order valence-electron chi connectivity index (χ3n) is 4.57. The number of ether oxygens (including phenoxy) is 1. The fourth-order valence-corrected chi connectivity index (χ4v) is 2.78. The molecule has 0 unspecified atom stereocenters. The minimum atomic E-state index is -0.267. The van der Waals surface area contributed by atoms with Crippen LogP contribution in [0.25, 0.3) is 0 Å². The molecular weight excluding hydrogens is 366 g/mol. The number of hydrogen-bond acceptors (Lipinski definition) is 4. The average molecular weight is 389 g/mol. The van der Waals surface area contributed by atoms with Crippen molar-refractivity contribution in [2.45, 2.75) is 20.4 Å². The Hall–Kier alpha value is -3.67. The molecule has 1 aromatic heterocycles. The second-order valence-electron chi connectivity index (χ2n) is 6.62. The van der Waals surface area contributed by atoms with Gasteiger partial charge in [-0.25, -0.2) is 0 Å². The van der Waals surface area contributed by atoms with E-state index in [1.165, 1.54) is 6.20 Å². The molecule has 0 saturated carbocycles. The first kappa shape index (κ1) is 20.1. The van der Waals surface area contributed by atoms with E-state index in [9.17, 15) is 9.59 Å². The molecule has 3 aromatic rings. The molecule has 2 N–H and O–H groups in total. The van der Waals surface area contributed by atoms with Crippen molar-refractivity contribution in [1.82, 2.24) is 10.3 Å². The van der Waals surface area contributed by atoms with Crippen LogP contribution in [0.1, 0.15) is 27.0 Å². The summed E-state index contributed by atoms with van der Waals surface area (Å²) in [5.41, 5.74) is 4.03. The normalized spacial score (nSPS) is 10.3. The number of aryl methyl sites for hydroxylation is 1. The Labute approximate surface area is 169 Å². The molecule has 0 aliphatic heterocycles. The summed E-state index contributed by atoms with van der Waals surface area (Å²) in [6.45, 7) is 4.14. The zero-order valence-electron chi connectivity index (χ0n) is 16.4. The topological polar surface area (TPSA) is 80.3 Å². The lowest BCUT2D eigenvalue weighted by Crippen LogP contribution is -2.25. The molecule has 0 aliphatic rings. The Morgan fingerprint density at radius 1 is 1.00 bits per heavy atom. The Morgan fingerprint density at radius 3 is 2.62 bits per heavy atom. The molecule has 0 radical (unpaired) electrons. The van der Waals surface area contributed by atoms with Crippen LogP contribution in [0, 0.1) is 13.8 Å². The van der Waals surface area contributed by atoms with E-state index < -0.39 is 0 Å². The van der Waals surface area contributed by atoms with Crippen LogP contribution in [0.3, 0.4) is 0 Å². The quantitative estimate of drug-likeness (QED) is 0.646. The highest BCUT2D eigenvalue weighted by Crippen LogP contribution is 2.21. The largest absolute Gasteiger partial charge is 0.483 e. The van der Waals surface area contributed by atoms with Gasteiger partial charge in [0.25, 0.3) is 11.8 Å². The maximum absolute atomic E-state index is 12.4. The molecule has 0 atom stereocenters. The van der Waals surface area contributed by atoms with Crippen LogP contribution >= 0.6 is 0 Å². The highest BCUT2D eigenvalue weighted by molar-refractivity contribution is 5.94. The minimum absolute atomic E-state index is 0.0966. The number of amides is 2. The van der Waals surface area contributed by atoms with E-state index in [0.29, 0.717) is 17.0 Å². The second-order valence-corrected chi connectivity index (χ2v) is 6.62. The SMILES string of the molecule is Cc1cccc(OCC(=O)Nc2ccccc2CNC(=O)c2cccnc2)c1C. The van der Waals surface area contributed by atoms with E-state index in [4.69, 9.17) is 4.74 Å². The van der Waals surface area contributed by atoms with E-state index in [-0.39, 0.29) is 25.0 Å². The summed E-state index contributed by atoms with van der Waals surface area (Å²) in [5, 5.41) is 5.69. The van der Waals surface area contributed by atoms with Crippen molar-refractivity contribution in [1.29, 1.82) is 0 Å². The van der Waals surface area contributed by atoms with Gasteiger partial charge in [-0.1, -0.05) is 30.3 Å². The lowest BCUT2D eigenvalue weighted by atomic mass is 10.1. The van der Waals surface area contributed by atoms with Crippen molar-refractivity contribution < 1.29 is 14.3 Å². The van der Waals surface area contributed by atoms with Crippen LogP contribution < -0.4 is 15.4 Å². The molecule has 3 rings (SSSR count). The van der Waals surface area contributed by atoms with Crippen molar-refractivity contribution in [2.24, 2.45) is 0 Å². The predicted octanol–water partition coefficient (Wildman–Crippen LogP) is 3.65. The Bertz CT molecular complexity index is 1000. The first-order valence-electron chi connectivity index (χ1n) is 9.29. The standard InChI is InChI=1S/C23H23N3O3/c1-16-7-5-11-21(17(16)2)29-15-22(27)26-20-10-4-3-8-18(20)14-25-23(28)19-9-6-12-24-13-19/h3-13H,14-15H2,1-2H3,(H,25,28)(H,26,27). The number of carbonyl (C=O) groups excluding carboxylic acids is 2. The third-order valence-corrected chi connectivity index (χ3v) is 4.57. The number of anilines is 1. The maximum Gasteiger partial charge on any atom is 0.262 e. The summed E-state index contributed by atoms with van der Waals surface area (Å²) in [4.78, 5) is 28.5. The molecule has 6 heteroatoms. The number of hydrogen-bond donors (Lipinski definition) is 2. The van der Waals surface area contributed by atoms with Crippen LogP contribution in [-0.2, 0) is 11.3 Å².